The van der Waals surface area contributed by atoms with Crippen LogP contribution in [0.5, 0.6) is 0 Å². The van der Waals surface area contributed by atoms with Crippen LogP contribution in [0.15, 0.2) is 0 Å². The largest absolute Gasteiger partial charge is 0.299 e. The van der Waals surface area contributed by atoms with Crippen LogP contribution in [0.2, 0.25) is 0 Å². The summed E-state index contributed by atoms with van der Waals surface area (Å²) in [6.07, 6.45) is 0.830. The van der Waals surface area contributed by atoms with Crippen LogP contribution in [-0.2, 0) is 9.59 Å². The summed E-state index contributed by atoms with van der Waals surface area (Å²) in [5.74, 6) is -0.137. The summed E-state index contributed by atoms with van der Waals surface area (Å²) in [6, 6.07) is 0. The molecule has 0 spiro atoms. The van der Waals surface area contributed by atoms with Crippen molar-refractivity contribution in [3.63, 3.8) is 0 Å². The molecule has 5 nitrogen and oxygen atoms in total. The Kier molecular flexibility index (Phi) is 1.96. The second kappa shape index (κ2) is 2.87. The molecule has 2 rings (SSSR count). The minimum atomic E-state index is -1.28. The first kappa shape index (κ1) is 10.3. The third-order valence-corrected chi connectivity index (χ3v) is 4.06. The Morgan fingerprint density at radius 1 is 1.20 bits per heavy atom. The molecule has 0 saturated heterocycles. The maximum Gasteiger partial charge on any atom is 0.242 e. The van der Waals surface area contributed by atoms with Crippen LogP contribution in [0.3, 0.4) is 0 Å². The van der Waals surface area contributed by atoms with Gasteiger partial charge < -0.3 is 0 Å². The number of nitro groups is 1. The van der Waals surface area contributed by atoms with Gasteiger partial charge in [-0.05, 0) is 6.42 Å². The van der Waals surface area contributed by atoms with E-state index in [4.69, 9.17) is 0 Å². The predicted octanol–water partition coefficient (Wildman–Crippen LogP) is 1.12. The van der Waals surface area contributed by atoms with E-state index in [0.29, 0.717) is 6.42 Å². The molecular weight excluding hydrogens is 198 g/mol. The van der Waals surface area contributed by atoms with E-state index in [2.05, 4.69) is 0 Å². The monoisotopic (exact) mass is 211 g/mol. The lowest BCUT2D eigenvalue weighted by atomic mass is 9.73. The van der Waals surface area contributed by atoms with Gasteiger partial charge in [-0.25, -0.2) is 0 Å². The number of carbonyl (C=O) groups excluding carboxylic acids is 2. The van der Waals surface area contributed by atoms with Gasteiger partial charge in [0.1, 0.15) is 11.6 Å². The van der Waals surface area contributed by atoms with Crippen molar-refractivity contribution in [1.82, 2.24) is 0 Å². The molecule has 82 valence electrons. The molecule has 0 unspecified atom stereocenters. The molecule has 0 bridgehead atoms. The third kappa shape index (κ3) is 1.09. The number of nitrogens with zero attached hydrogens (tertiary/aromatic N) is 1. The second-order valence-electron chi connectivity index (χ2n) is 4.71. The molecule has 0 atom stereocenters. The molecule has 2 fully saturated rings. The Bertz CT molecular complexity index is 340. The van der Waals surface area contributed by atoms with Crippen LogP contribution in [0.1, 0.15) is 39.0 Å². The molecule has 0 aromatic heterocycles. The van der Waals surface area contributed by atoms with Crippen LogP contribution in [-0.4, -0.2) is 22.0 Å². The summed E-state index contributed by atoms with van der Waals surface area (Å²) >= 11 is 0. The lowest BCUT2D eigenvalue weighted by Gasteiger charge is -2.30. The fourth-order valence-electron chi connectivity index (χ4n) is 3.26. The Morgan fingerprint density at radius 3 is 1.93 bits per heavy atom. The highest BCUT2D eigenvalue weighted by Gasteiger charge is 2.71. The molecular formula is C10H13NO4. The van der Waals surface area contributed by atoms with Gasteiger partial charge in [-0.3, -0.25) is 19.7 Å². The van der Waals surface area contributed by atoms with E-state index in [0.717, 1.165) is 0 Å². The van der Waals surface area contributed by atoms with Gasteiger partial charge in [0.05, 0.1) is 18.3 Å². The van der Waals surface area contributed by atoms with E-state index in [1.54, 1.807) is 0 Å². The summed E-state index contributed by atoms with van der Waals surface area (Å²) in [5.41, 5.74) is -1.97. The van der Waals surface area contributed by atoms with Gasteiger partial charge in [0, 0.05) is 17.8 Å². The summed E-state index contributed by atoms with van der Waals surface area (Å²) in [7, 11) is 0. The Morgan fingerprint density at radius 2 is 1.67 bits per heavy atom. The molecule has 2 aliphatic rings. The highest BCUT2D eigenvalue weighted by Crippen LogP contribution is 2.57. The lowest BCUT2D eigenvalue weighted by Crippen LogP contribution is -2.45. The Labute approximate surface area is 87.0 Å². The van der Waals surface area contributed by atoms with Gasteiger partial charge in [-0.2, -0.15) is 0 Å². The first-order valence-electron chi connectivity index (χ1n) is 5.14. The van der Waals surface area contributed by atoms with E-state index in [9.17, 15) is 19.7 Å². The summed E-state index contributed by atoms with van der Waals surface area (Å²) in [4.78, 5) is 33.6. The van der Waals surface area contributed by atoms with Crippen molar-refractivity contribution in [2.75, 3.05) is 0 Å². The van der Waals surface area contributed by atoms with Crippen molar-refractivity contribution >= 4 is 11.6 Å². The number of hydrogen-bond donors (Lipinski definition) is 0. The van der Waals surface area contributed by atoms with E-state index in [-0.39, 0.29) is 42.2 Å². The first-order valence-corrected chi connectivity index (χ1v) is 5.14. The van der Waals surface area contributed by atoms with E-state index >= 15 is 0 Å². The number of fused-ring (bicyclic) bond motifs is 1. The molecule has 0 aliphatic heterocycles. The zero-order valence-electron chi connectivity index (χ0n) is 8.62. The van der Waals surface area contributed by atoms with Crippen molar-refractivity contribution in [2.45, 2.75) is 44.6 Å². The van der Waals surface area contributed by atoms with Crippen LogP contribution in [0.4, 0.5) is 0 Å². The molecule has 0 radical (unpaired) electrons. The number of Topliss-reactive ketones (excluding diaryl/α,β-unsaturated/α-hetero) is 2. The van der Waals surface area contributed by atoms with E-state index < -0.39 is 11.0 Å². The smallest absolute Gasteiger partial charge is 0.242 e. The molecule has 15 heavy (non-hydrogen) atoms. The molecule has 0 aromatic carbocycles. The fraction of sp³-hybridized carbons (Fsp3) is 0.800. The van der Waals surface area contributed by atoms with Crippen LogP contribution in [0.25, 0.3) is 0 Å². The third-order valence-electron chi connectivity index (χ3n) is 4.06. The standard InChI is InChI=1S/C10H13NO4/c1-2-9-3-7(12)5-10(9,11(14)15)6-8(13)4-9/h2-6H2,1H3. The predicted molar refractivity (Wildman–Crippen MR) is 50.9 cm³/mol. The van der Waals surface area contributed by atoms with Crippen LogP contribution >= 0.6 is 0 Å². The molecule has 0 aromatic rings. The highest BCUT2D eigenvalue weighted by atomic mass is 16.6. The number of hydrogen-bond acceptors (Lipinski definition) is 4. The fourth-order valence-corrected chi connectivity index (χ4v) is 3.26. The quantitative estimate of drug-likeness (QED) is 0.506. The number of ketones is 2. The van der Waals surface area contributed by atoms with Gasteiger partial charge >= 0.3 is 0 Å². The number of rotatable bonds is 2. The molecule has 5 heteroatoms. The van der Waals surface area contributed by atoms with Gasteiger partial charge in [-0.1, -0.05) is 6.92 Å². The molecule has 2 aliphatic carbocycles. The van der Waals surface area contributed by atoms with Gasteiger partial charge in [0.2, 0.25) is 5.54 Å². The maximum atomic E-state index is 11.4. The van der Waals surface area contributed by atoms with Crippen molar-refractivity contribution < 1.29 is 14.5 Å². The molecule has 0 heterocycles. The lowest BCUT2D eigenvalue weighted by molar-refractivity contribution is -0.583. The summed E-state index contributed by atoms with van der Waals surface area (Å²) < 4.78 is 0. The molecule has 0 amide bonds. The van der Waals surface area contributed by atoms with Gasteiger partial charge in [0.25, 0.3) is 0 Å². The Hall–Kier alpha value is -1.26. The van der Waals surface area contributed by atoms with Gasteiger partial charge in [0.15, 0.2) is 0 Å². The van der Waals surface area contributed by atoms with Crippen molar-refractivity contribution in [3.8, 4) is 0 Å². The normalized spacial score (nSPS) is 39.5. The SMILES string of the molecule is CCC12CC(=O)CC1([N+](=O)[O-])CC(=O)C2. The van der Waals surface area contributed by atoms with Crippen LogP contribution in [0, 0.1) is 15.5 Å². The minimum absolute atomic E-state index is 0.0560. The number of carbonyl (C=O) groups is 2. The zero-order valence-corrected chi connectivity index (χ0v) is 8.62. The second-order valence-corrected chi connectivity index (χ2v) is 4.71. The Balaban J connectivity index is 2.51. The van der Waals surface area contributed by atoms with Crippen molar-refractivity contribution in [1.29, 1.82) is 0 Å². The summed E-state index contributed by atoms with van der Waals surface area (Å²) in [6.45, 7) is 1.83. The van der Waals surface area contributed by atoms with Gasteiger partial charge in [-0.15, -0.1) is 0 Å². The minimum Gasteiger partial charge on any atom is -0.299 e. The average molecular weight is 211 g/mol. The van der Waals surface area contributed by atoms with Crippen LogP contribution < -0.4 is 0 Å². The zero-order chi connectivity index (χ0) is 11.3. The van der Waals surface area contributed by atoms with E-state index in [1.165, 1.54) is 0 Å². The molecule has 2 saturated carbocycles. The molecule has 0 N–H and O–H groups in total. The van der Waals surface area contributed by atoms with Crippen molar-refractivity contribution in [3.05, 3.63) is 10.1 Å². The summed E-state index contributed by atoms with van der Waals surface area (Å²) in [5, 5.41) is 11.2. The van der Waals surface area contributed by atoms with E-state index in [1.807, 2.05) is 6.92 Å². The van der Waals surface area contributed by atoms with Crippen molar-refractivity contribution in [2.24, 2.45) is 5.41 Å². The average Bonchev–Trinajstić information content (AvgIpc) is 2.53. The topological polar surface area (TPSA) is 77.3 Å². The highest BCUT2D eigenvalue weighted by molar-refractivity contribution is 5.92. The first-order chi connectivity index (χ1) is 6.96. The maximum absolute atomic E-state index is 11.4.